The van der Waals surface area contributed by atoms with Crippen LogP contribution < -0.4 is 9.47 Å². The van der Waals surface area contributed by atoms with Crippen LogP contribution in [0.2, 0.25) is 0 Å². The lowest BCUT2D eigenvalue weighted by molar-refractivity contribution is 0.0240. The molecule has 4 aromatic carbocycles. The highest BCUT2D eigenvalue weighted by Crippen LogP contribution is 2.24. The molecular formula is C36H36N4O4. The van der Waals surface area contributed by atoms with Gasteiger partial charge in [0.25, 0.3) is 0 Å². The van der Waals surface area contributed by atoms with E-state index in [4.69, 9.17) is 20.0 Å². The smallest absolute Gasteiger partial charge is 0.119 e. The molecule has 8 heteroatoms. The van der Waals surface area contributed by atoms with Crippen molar-refractivity contribution in [1.82, 2.24) is 9.80 Å². The molecule has 5 rings (SSSR count). The van der Waals surface area contributed by atoms with E-state index in [1.807, 2.05) is 72.8 Å². The molecule has 0 spiro atoms. The number of rotatable bonds is 12. The molecule has 1 aliphatic rings. The predicted molar refractivity (Wildman–Crippen MR) is 169 cm³/mol. The third kappa shape index (κ3) is 8.67. The van der Waals surface area contributed by atoms with E-state index in [1.165, 1.54) is 0 Å². The molecule has 0 aliphatic carbocycles. The summed E-state index contributed by atoms with van der Waals surface area (Å²) in [6.45, 7) is 4.70. The lowest BCUT2D eigenvalue weighted by Gasteiger charge is -2.36. The van der Waals surface area contributed by atoms with Crippen molar-refractivity contribution in [3.63, 3.8) is 0 Å². The molecule has 1 heterocycles. The average Bonchev–Trinajstić information content (AvgIpc) is 3.08. The molecule has 2 unspecified atom stereocenters. The predicted octanol–water partition coefficient (Wildman–Crippen LogP) is 4.56. The van der Waals surface area contributed by atoms with Crippen LogP contribution in [0.15, 0.2) is 97.1 Å². The Morgan fingerprint density at radius 1 is 0.523 bits per heavy atom. The van der Waals surface area contributed by atoms with Crippen molar-refractivity contribution in [2.45, 2.75) is 12.2 Å². The highest BCUT2D eigenvalue weighted by atomic mass is 16.5. The summed E-state index contributed by atoms with van der Waals surface area (Å²) in [7, 11) is 0. The Morgan fingerprint density at radius 3 is 1.11 bits per heavy atom. The molecule has 0 amide bonds. The van der Waals surface area contributed by atoms with E-state index in [0.29, 0.717) is 35.7 Å². The van der Waals surface area contributed by atoms with Crippen LogP contribution >= 0.6 is 0 Å². The van der Waals surface area contributed by atoms with Crippen LogP contribution in [-0.4, -0.2) is 84.7 Å². The van der Waals surface area contributed by atoms with Crippen LogP contribution in [-0.2, 0) is 0 Å². The van der Waals surface area contributed by atoms with Crippen LogP contribution in [0.1, 0.15) is 11.1 Å². The molecule has 1 fully saturated rings. The van der Waals surface area contributed by atoms with Crippen molar-refractivity contribution in [2.75, 3.05) is 52.5 Å². The Bertz CT molecular complexity index is 1430. The number of benzene rings is 4. The molecule has 0 radical (unpaired) electrons. The first kappa shape index (κ1) is 30.7. The monoisotopic (exact) mass is 588 g/mol. The zero-order chi connectivity index (χ0) is 30.7. The standard InChI is InChI=1S/C36H36N4O4/c37-21-27-1-5-29(6-2-27)31-9-13-35(14-10-31)43-25-33(41)23-39-17-19-40(20-18-39)24-34(42)26-44-36-15-11-32(12-16-36)30-7-3-28(22-38)4-8-30/h1-16,33-34,41-42H,17-20,23-26H2. The summed E-state index contributed by atoms with van der Waals surface area (Å²) >= 11 is 0. The van der Waals surface area contributed by atoms with Crippen molar-refractivity contribution in [1.29, 1.82) is 10.5 Å². The van der Waals surface area contributed by atoms with E-state index in [-0.39, 0.29) is 13.2 Å². The molecule has 0 bridgehead atoms. The minimum atomic E-state index is -0.609. The summed E-state index contributed by atoms with van der Waals surface area (Å²) < 4.78 is 11.6. The number of hydrogen-bond donors (Lipinski definition) is 2. The lowest BCUT2D eigenvalue weighted by atomic mass is 10.0. The number of aliphatic hydroxyl groups excluding tert-OH is 2. The van der Waals surface area contributed by atoms with Crippen LogP contribution in [0.3, 0.4) is 0 Å². The van der Waals surface area contributed by atoms with Gasteiger partial charge in [-0.15, -0.1) is 0 Å². The summed E-state index contributed by atoms with van der Waals surface area (Å²) in [5.74, 6) is 1.40. The van der Waals surface area contributed by atoms with Crippen LogP contribution in [0.5, 0.6) is 11.5 Å². The molecule has 0 saturated carbocycles. The van der Waals surface area contributed by atoms with Crippen molar-refractivity contribution >= 4 is 0 Å². The normalized spacial score (nSPS) is 15.1. The first-order valence-corrected chi connectivity index (χ1v) is 14.8. The number of β-amino-alcohol motifs (C(OH)–C–C–N with tert-alkyl or cyclic N) is 2. The van der Waals surface area contributed by atoms with Crippen LogP contribution in [0.4, 0.5) is 0 Å². The van der Waals surface area contributed by atoms with Gasteiger partial charge in [0.05, 0.1) is 23.3 Å². The van der Waals surface area contributed by atoms with E-state index < -0.39 is 12.2 Å². The van der Waals surface area contributed by atoms with E-state index in [2.05, 4.69) is 21.9 Å². The minimum Gasteiger partial charge on any atom is -0.491 e. The number of hydrogen-bond acceptors (Lipinski definition) is 8. The quantitative estimate of drug-likeness (QED) is 0.248. The van der Waals surface area contributed by atoms with Gasteiger partial charge in [0.2, 0.25) is 0 Å². The fraction of sp³-hybridized carbons (Fsp3) is 0.278. The highest BCUT2D eigenvalue weighted by Gasteiger charge is 2.21. The molecule has 0 aromatic heterocycles. The molecular weight excluding hydrogens is 552 g/mol. The third-order valence-corrected chi connectivity index (χ3v) is 7.69. The summed E-state index contributed by atoms with van der Waals surface area (Å²) in [6, 6.07) is 34.6. The van der Waals surface area contributed by atoms with Crippen molar-refractivity contribution < 1.29 is 19.7 Å². The van der Waals surface area contributed by atoms with E-state index in [1.54, 1.807) is 24.3 Å². The maximum Gasteiger partial charge on any atom is 0.119 e. The van der Waals surface area contributed by atoms with Gasteiger partial charge in [-0.05, 0) is 70.8 Å². The van der Waals surface area contributed by atoms with Crippen molar-refractivity contribution in [3.8, 4) is 45.9 Å². The molecule has 4 aromatic rings. The third-order valence-electron chi connectivity index (χ3n) is 7.69. The zero-order valence-corrected chi connectivity index (χ0v) is 24.5. The molecule has 2 atom stereocenters. The number of aliphatic hydroxyl groups is 2. The average molecular weight is 589 g/mol. The van der Waals surface area contributed by atoms with Gasteiger partial charge in [0, 0.05) is 39.3 Å². The first-order chi connectivity index (χ1) is 21.5. The van der Waals surface area contributed by atoms with Gasteiger partial charge in [0.1, 0.15) is 36.9 Å². The zero-order valence-electron chi connectivity index (χ0n) is 24.5. The fourth-order valence-electron chi connectivity index (χ4n) is 5.20. The van der Waals surface area contributed by atoms with Gasteiger partial charge >= 0.3 is 0 Å². The van der Waals surface area contributed by atoms with Gasteiger partial charge in [-0.25, -0.2) is 0 Å². The van der Waals surface area contributed by atoms with Gasteiger partial charge in [-0.2, -0.15) is 10.5 Å². The molecule has 224 valence electrons. The Balaban J connectivity index is 0.974. The Labute approximate surface area is 258 Å². The number of ether oxygens (including phenoxy) is 2. The van der Waals surface area contributed by atoms with Gasteiger partial charge in [-0.3, -0.25) is 9.80 Å². The first-order valence-electron chi connectivity index (χ1n) is 14.8. The molecule has 8 nitrogen and oxygen atoms in total. The summed E-state index contributed by atoms with van der Waals surface area (Å²) in [4.78, 5) is 4.44. The lowest BCUT2D eigenvalue weighted by Crippen LogP contribution is -2.51. The Kier molecular flexibility index (Phi) is 10.6. The van der Waals surface area contributed by atoms with Crippen LogP contribution in [0.25, 0.3) is 22.3 Å². The summed E-state index contributed by atoms with van der Waals surface area (Å²) in [6.07, 6.45) is -1.22. The largest absolute Gasteiger partial charge is 0.491 e. The second-order valence-electron chi connectivity index (χ2n) is 11.0. The summed E-state index contributed by atoms with van der Waals surface area (Å²) in [5, 5.41) is 39.1. The second kappa shape index (κ2) is 15.2. The summed E-state index contributed by atoms with van der Waals surface area (Å²) in [5.41, 5.74) is 5.39. The maximum absolute atomic E-state index is 10.6. The molecule has 44 heavy (non-hydrogen) atoms. The van der Waals surface area contributed by atoms with Crippen LogP contribution in [0, 0.1) is 22.7 Å². The van der Waals surface area contributed by atoms with E-state index in [0.717, 1.165) is 48.4 Å². The van der Waals surface area contributed by atoms with Gasteiger partial charge < -0.3 is 19.7 Å². The van der Waals surface area contributed by atoms with Gasteiger partial charge in [0.15, 0.2) is 0 Å². The molecule has 2 N–H and O–H groups in total. The van der Waals surface area contributed by atoms with Crippen molar-refractivity contribution in [2.24, 2.45) is 0 Å². The minimum absolute atomic E-state index is 0.209. The fourth-order valence-corrected chi connectivity index (χ4v) is 5.20. The topological polar surface area (TPSA) is 113 Å². The highest BCUT2D eigenvalue weighted by molar-refractivity contribution is 5.65. The SMILES string of the molecule is N#Cc1ccc(-c2ccc(OCC(O)CN3CCN(CC(O)COc4ccc(-c5ccc(C#N)cc5)cc4)CC3)cc2)cc1. The Hall–Kier alpha value is -4.70. The van der Waals surface area contributed by atoms with Crippen molar-refractivity contribution in [3.05, 3.63) is 108 Å². The van der Waals surface area contributed by atoms with E-state index in [9.17, 15) is 10.2 Å². The molecule has 1 aliphatic heterocycles. The maximum atomic E-state index is 10.6. The number of nitriles is 2. The second-order valence-corrected chi connectivity index (χ2v) is 11.0. The van der Waals surface area contributed by atoms with Gasteiger partial charge in [-0.1, -0.05) is 48.5 Å². The Morgan fingerprint density at radius 2 is 0.818 bits per heavy atom. The molecule has 1 saturated heterocycles. The van der Waals surface area contributed by atoms with E-state index >= 15 is 0 Å². The number of nitrogens with zero attached hydrogens (tertiary/aromatic N) is 4. The number of piperazine rings is 1.